The van der Waals surface area contributed by atoms with Crippen molar-refractivity contribution in [3.63, 3.8) is 0 Å². The van der Waals surface area contributed by atoms with Crippen LogP contribution in [0.3, 0.4) is 0 Å². The summed E-state index contributed by atoms with van der Waals surface area (Å²) in [5.74, 6) is 1.17. The minimum absolute atomic E-state index is 0.0253. The lowest BCUT2D eigenvalue weighted by Gasteiger charge is -2.35. The maximum atomic E-state index is 13.4. The molecule has 0 radical (unpaired) electrons. The molecular formula is C19H23BrN4O3. The van der Waals surface area contributed by atoms with Crippen molar-refractivity contribution in [1.29, 1.82) is 0 Å². The number of likely N-dealkylation sites (tertiary alicyclic amines) is 1. The van der Waals surface area contributed by atoms with E-state index in [0.717, 1.165) is 35.4 Å². The highest BCUT2D eigenvalue weighted by Gasteiger charge is 2.50. The molecule has 4 rings (SSSR count). The van der Waals surface area contributed by atoms with Crippen LogP contribution in [0.2, 0.25) is 0 Å². The average Bonchev–Trinajstić information content (AvgIpc) is 3.26. The average molecular weight is 435 g/mol. The Morgan fingerprint density at radius 1 is 1.30 bits per heavy atom. The number of halogens is 1. The number of hydrogen-bond donors (Lipinski definition) is 2. The van der Waals surface area contributed by atoms with E-state index in [2.05, 4.69) is 21.2 Å². The first kappa shape index (κ1) is 18.4. The van der Waals surface area contributed by atoms with Gasteiger partial charge >= 0.3 is 6.09 Å². The van der Waals surface area contributed by atoms with Crippen molar-refractivity contribution in [3.8, 4) is 0 Å². The van der Waals surface area contributed by atoms with Crippen LogP contribution in [0.1, 0.15) is 24.8 Å². The van der Waals surface area contributed by atoms with E-state index < -0.39 is 11.6 Å². The van der Waals surface area contributed by atoms with Gasteiger partial charge in [-0.3, -0.25) is 14.7 Å². The van der Waals surface area contributed by atoms with Crippen molar-refractivity contribution in [2.24, 2.45) is 10.9 Å². The quantitative estimate of drug-likeness (QED) is 0.762. The Morgan fingerprint density at radius 3 is 2.59 bits per heavy atom. The number of piperidine rings is 1. The van der Waals surface area contributed by atoms with E-state index in [4.69, 9.17) is 4.99 Å². The van der Waals surface area contributed by atoms with Gasteiger partial charge in [0.2, 0.25) is 0 Å². The van der Waals surface area contributed by atoms with Crippen LogP contribution >= 0.6 is 15.9 Å². The third-order valence-corrected chi connectivity index (χ3v) is 6.31. The lowest BCUT2D eigenvalue weighted by atomic mass is 9.87. The van der Waals surface area contributed by atoms with E-state index in [0.29, 0.717) is 38.4 Å². The van der Waals surface area contributed by atoms with Crippen molar-refractivity contribution >= 4 is 33.8 Å². The molecule has 3 aliphatic heterocycles. The summed E-state index contributed by atoms with van der Waals surface area (Å²) in [6, 6.07) is 7.86. The number of benzene rings is 1. The molecule has 0 saturated carbocycles. The highest BCUT2D eigenvalue weighted by molar-refractivity contribution is 9.10. The van der Waals surface area contributed by atoms with Crippen LogP contribution in [-0.4, -0.2) is 71.0 Å². The summed E-state index contributed by atoms with van der Waals surface area (Å²) in [5, 5.41) is 12.6. The van der Waals surface area contributed by atoms with E-state index in [9.17, 15) is 14.7 Å². The predicted octanol–water partition coefficient (Wildman–Crippen LogP) is 2.16. The lowest BCUT2D eigenvalue weighted by Crippen LogP contribution is -2.51. The third-order valence-electron chi connectivity index (χ3n) is 5.79. The summed E-state index contributed by atoms with van der Waals surface area (Å²) in [5.41, 5.74) is 0.107. The molecule has 0 aliphatic carbocycles. The number of rotatable bonds is 3. The van der Waals surface area contributed by atoms with Gasteiger partial charge < -0.3 is 15.3 Å². The normalized spacial score (nSPS) is 24.6. The van der Waals surface area contributed by atoms with Crippen molar-refractivity contribution in [3.05, 3.63) is 34.3 Å². The zero-order valence-corrected chi connectivity index (χ0v) is 16.6. The minimum atomic E-state index is -0.929. The van der Waals surface area contributed by atoms with Crippen LogP contribution in [0.5, 0.6) is 0 Å². The topological polar surface area (TPSA) is 85.2 Å². The number of nitrogens with zero attached hydrogens (tertiary/aromatic N) is 3. The van der Waals surface area contributed by atoms with Crippen LogP contribution < -0.4 is 5.32 Å². The second kappa shape index (κ2) is 7.24. The summed E-state index contributed by atoms with van der Waals surface area (Å²) in [4.78, 5) is 32.8. The van der Waals surface area contributed by atoms with Gasteiger partial charge in [0.15, 0.2) is 0 Å². The van der Waals surface area contributed by atoms with Crippen LogP contribution in [-0.2, 0) is 4.79 Å². The smallest absolute Gasteiger partial charge is 0.407 e. The van der Waals surface area contributed by atoms with Crippen LogP contribution in [0.4, 0.5) is 4.79 Å². The standard InChI is InChI=1S/C19H23BrN4O3/c20-15-3-1-14(2-4-15)16-22-19(6-9-23(10-7-19)18(26)27)17(25)24(16)12-13-5-8-21-11-13/h1-4,13,21H,5-12H2,(H,26,27). The highest BCUT2D eigenvalue weighted by atomic mass is 79.9. The molecule has 2 saturated heterocycles. The molecule has 8 heteroatoms. The number of nitrogens with one attached hydrogen (secondary N) is 1. The lowest BCUT2D eigenvalue weighted by molar-refractivity contribution is -0.133. The molecule has 3 heterocycles. The zero-order valence-electron chi connectivity index (χ0n) is 15.0. The van der Waals surface area contributed by atoms with Gasteiger partial charge in [-0.2, -0.15) is 0 Å². The zero-order chi connectivity index (χ0) is 19.0. The molecular weight excluding hydrogens is 412 g/mol. The second-order valence-electron chi connectivity index (χ2n) is 7.52. The van der Waals surface area contributed by atoms with Gasteiger partial charge in [-0.25, -0.2) is 4.79 Å². The Bertz CT molecular complexity index is 766. The maximum absolute atomic E-state index is 13.4. The Morgan fingerprint density at radius 2 is 2.00 bits per heavy atom. The number of carbonyl (C=O) groups excluding carboxylic acids is 1. The number of carbonyl (C=O) groups is 2. The largest absolute Gasteiger partial charge is 0.465 e. The number of hydrogen-bond acceptors (Lipinski definition) is 4. The predicted molar refractivity (Wildman–Crippen MR) is 105 cm³/mol. The number of aliphatic imine (C=N–C) groups is 1. The molecule has 27 heavy (non-hydrogen) atoms. The van der Waals surface area contributed by atoms with Crippen LogP contribution in [0.15, 0.2) is 33.7 Å². The molecule has 7 nitrogen and oxygen atoms in total. The van der Waals surface area contributed by atoms with Gasteiger partial charge in [0.1, 0.15) is 11.4 Å². The van der Waals surface area contributed by atoms with E-state index >= 15 is 0 Å². The van der Waals surface area contributed by atoms with Crippen molar-refractivity contribution < 1.29 is 14.7 Å². The second-order valence-corrected chi connectivity index (χ2v) is 8.43. The maximum Gasteiger partial charge on any atom is 0.407 e. The first-order chi connectivity index (χ1) is 13.0. The fraction of sp³-hybridized carbons (Fsp3) is 0.526. The van der Waals surface area contributed by atoms with E-state index in [-0.39, 0.29) is 5.91 Å². The summed E-state index contributed by atoms with van der Waals surface area (Å²) < 4.78 is 0.979. The van der Waals surface area contributed by atoms with Crippen molar-refractivity contribution in [1.82, 2.24) is 15.1 Å². The monoisotopic (exact) mass is 434 g/mol. The summed E-state index contributed by atoms with van der Waals surface area (Å²) in [6.07, 6.45) is 1.01. The van der Waals surface area contributed by atoms with Gasteiger partial charge in [0.25, 0.3) is 5.91 Å². The van der Waals surface area contributed by atoms with Gasteiger partial charge in [0.05, 0.1) is 0 Å². The summed E-state index contributed by atoms with van der Waals surface area (Å²) >= 11 is 3.45. The molecule has 2 amide bonds. The van der Waals surface area contributed by atoms with Crippen LogP contribution in [0.25, 0.3) is 0 Å². The Labute approximate surface area is 166 Å². The van der Waals surface area contributed by atoms with E-state index in [1.807, 2.05) is 29.2 Å². The third kappa shape index (κ3) is 3.48. The highest BCUT2D eigenvalue weighted by Crippen LogP contribution is 2.36. The van der Waals surface area contributed by atoms with Gasteiger partial charge in [-0.15, -0.1) is 0 Å². The molecule has 2 N–H and O–H groups in total. The fourth-order valence-electron chi connectivity index (χ4n) is 4.17. The number of carboxylic acid groups (broad SMARTS) is 1. The molecule has 1 atom stereocenters. The molecule has 1 aromatic carbocycles. The Kier molecular flexibility index (Phi) is 4.94. The molecule has 1 unspecified atom stereocenters. The molecule has 1 spiro atoms. The number of amides is 2. The Balaban J connectivity index is 1.64. The minimum Gasteiger partial charge on any atom is -0.465 e. The van der Waals surface area contributed by atoms with Gasteiger partial charge in [0, 0.05) is 29.7 Å². The fourth-order valence-corrected chi connectivity index (χ4v) is 4.43. The molecule has 1 aromatic rings. The molecule has 0 bridgehead atoms. The van der Waals surface area contributed by atoms with Crippen molar-refractivity contribution in [2.45, 2.75) is 24.8 Å². The molecule has 2 fully saturated rings. The van der Waals surface area contributed by atoms with E-state index in [1.165, 1.54) is 4.90 Å². The summed E-state index contributed by atoms with van der Waals surface area (Å²) in [7, 11) is 0. The molecule has 144 valence electrons. The first-order valence-electron chi connectivity index (χ1n) is 9.35. The van der Waals surface area contributed by atoms with E-state index in [1.54, 1.807) is 0 Å². The van der Waals surface area contributed by atoms with Gasteiger partial charge in [-0.05, 0) is 50.4 Å². The first-order valence-corrected chi connectivity index (χ1v) is 10.1. The van der Waals surface area contributed by atoms with Crippen LogP contribution in [0, 0.1) is 5.92 Å². The Hall–Kier alpha value is -1.93. The summed E-state index contributed by atoms with van der Waals surface area (Å²) in [6.45, 7) is 3.24. The van der Waals surface area contributed by atoms with Crippen molar-refractivity contribution in [2.75, 3.05) is 32.7 Å². The van der Waals surface area contributed by atoms with Gasteiger partial charge in [-0.1, -0.05) is 28.1 Å². The SMILES string of the molecule is O=C(O)N1CCC2(CC1)N=C(c1ccc(Br)cc1)N(CC1CCNC1)C2=O. The number of amidine groups is 1. The molecule has 3 aliphatic rings. The molecule has 0 aromatic heterocycles.